The molecule has 1 saturated heterocycles. The maximum Gasteiger partial charge on any atom is 0.410 e. The van der Waals surface area contributed by atoms with E-state index in [4.69, 9.17) is 9.47 Å². The molecule has 1 fully saturated rings. The van der Waals surface area contributed by atoms with Gasteiger partial charge in [-0.3, -0.25) is 0 Å². The molecule has 0 spiro atoms. The highest BCUT2D eigenvalue weighted by Crippen LogP contribution is 2.37. The Labute approximate surface area is 198 Å². The van der Waals surface area contributed by atoms with Gasteiger partial charge < -0.3 is 19.1 Å². The monoisotopic (exact) mass is 493 g/mol. The van der Waals surface area contributed by atoms with Crippen molar-refractivity contribution in [1.82, 2.24) is 4.90 Å². The smallest absolute Gasteiger partial charge is 0.410 e. The van der Waals surface area contributed by atoms with Gasteiger partial charge in [0.05, 0.1) is 16.9 Å². The molecule has 1 atom stereocenters. The molecule has 1 amide bonds. The Kier molecular flexibility index (Phi) is 7.50. The maximum atomic E-state index is 13.6. The Hall–Kier alpha value is -3.14. The van der Waals surface area contributed by atoms with Crippen molar-refractivity contribution in [3.05, 3.63) is 53.8 Å². The molecule has 3 rings (SSSR count). The van der Waals surface area contributed by atoms with E-state index in [-0.39, 0.29) is 21.5 Å². The molecule has 0 radical (unpaired) electrons. The van der Waals surface area contributed by atoms with Gasteiger partial charge in [-0.05, 0) is 63.1 Å². The van der Waals surface area contributed by atoms with Crippen molar-refractivity contribution >= 4 is 21.9 Å². The van der Waals surface area contributed by atoms with Crippen LogP contribution in [0.4, 0.5) is 9.18 Å². The van der Waals surface area contributed by atoms with Crippen LogP contribution >= 0.6 is 0 Å². The number of esters is 1. The zero-order valence-corrected chi connectivity index (χ0v) is 20.4. The molecular weight excluding hydrogens is 465 g/mol. The van der Waals surface area contributed by atoms with Gasteiger partial charge in [-0.25, -0.2) is 22.4 Å². The number of ether oxygens (including phenoxy) is 3. The molecule has 34 heavy (non-hydrogen) atoms. The number of hydrogen-bond acceptors (Lipinski definition) is 7. The first-order chi connectivity index (χ1) is 15.9. The number of carbonyl (C=O) groups is 2. The van der Waals surface area contributed by atoms with E-state index >= 15 is 0 Å². The van der Waals surface area contributed by atoms with Crippen molar-refractivity contribution in [3.63, 3.8) is 0 Å². The van der Waals surface area contributed by atoms with E-state index in [0.29, 0.717) is 25.1 Å². The molecule has 1 aliphatic rings. The van der Waals surface area contributed by atoms with E-state index in [0.717, 1.165) is 12.1 Å². The third kappa shape index (κ3) is 6.05. The Balaban J connectivity index is 1.92. The number of carbonyl (C=O) groups excluding carboxylic acids is 2. The van der Waals surface area contributed by atoms with Crippen LogP contribution in [-0.2, 0) is 24.1 Å². The van der Waals surface area contributed by atoms with E-state index in [1.807, 2.05) is 0 Å². The number of amides is 1. The fraction of sp³-hybridized carbons (Fsp3) is 0.417. The largest absolute Gasteiger partial charge is 0.482 e. The van der Waals surface area contributed by atoms with Gasteiger partial charge >= 0.3 is 12.1 Å². The number of halogens is 1. The molecule has 0 bridgehead atoms. The minimum Gasteiger partial charge on any atom is -0.482 e. The standard InChI is InChI=1S/C24H28FNO7S/c1-24(2,3)33-23(28)26-11-10-16(14-26)20-9-8-19(13-21(20)32-15-22(27)31-4)34(29,30)18-7-5-6-17(25)12-18/h5-9,12-13,16H,10-11,14-15H2,1-4H3. The van der Waals surface area contributed by atoms with Gasteiger partial charge in [0.1, 0.15) is 17.2 Å². The lowest BCUT2D eigenvalue weighted by atomic mass is 9.97. The molecule has 10 heteroatoms. The van der Waals surface area contributed by atoms with Gasteiger partial charge in [-0.1, -0.05) is 12.1 Å². The Bertz CT molecular complexity index is 1170. The fourth-order valence-corrected chi connectivity index (χ4v) is 4.92. The van der Waals surface area contributed by atoms with Gasteiger partial charge in [0.2, 0.25) is 9.84 Å². The number of methoxy groups -OCH3 is 1. The second-order valence-corrected chi connectivity index (χ2v) is 10.9. The average Bonchev–Trinajstić information content (AvgIpc) is 3.26. The molecule has 1 aliphatic heterocycles. The van der Waals surface area contributed by atoms with Crippen molar-refractivity contribution in [2.45, 2.75) is 48.5 Å². The topological polar surface area (TPSA) is 99.2 Å². The van der Waals surface area contributed by atoms with Crippen LogP contribution in [-0.4, -0.2) is 57.8 Å². The summed E-state index contributed by atoms with van der Waals surface area (Å²) in [6, 6.07) is 9.04. The summed E-state index contributed by atoms with van der Waals surface area (Å²) in [5, 5.41) is 0. The highest BCUT2D eigenvalue weighted by molar-refractivity contribution is 7.91. The number of rotatable bonds is 6. The molecule has 2 aromatic carbocycles. The van der Waals surface area contributed by atoms with Gasteiger partial charge in [0.15, 0.2) is 6.61 Å². The minimum absolute atomic E-state index is 0.108. The molecule has 184 valence electrons. The zero-order valence-electron chi connectivity index (χ0n) is 19.5. The fourth-order valence-electron chi connectivity index (χ4n) is 3.62. The summed E-state index contributed by atoms with van der Waals surface area (Å²) in [5.74, 6) is -1.29. The maximum absolute atomic E-state index is 13.6. The summed E-state index contributed by atoms with van der Waals surface area (Å²) in [6.45, 7) is 5.74. The summed E-state index contributed by atoms with van der Waals surface area (Å²) in [7, 11) is -2.82. The quantitative estimate of drug-likeness (QED) is 0.562. The predicted octanol–water partition coefficient (Wildman–Crippen LogP) is 3.93. The molecule has 1 unspecified atom stereocenters. The van der Waals surface area contributed by atoms with Gasteiger partial charge in [-0.2, -0.15) is 0 Å². The molecular formula is C24H28FNO7S. The van der Waals surface area contributed by atoms with Gasteiger partial charge in [0, 0.05) is 19.0 Å². The normalized spacial score (nSPS) is 16.3. The van der Waals surface area contributed by atoms with Crippen LogP contribution in [0.5, 0.6) is 5.75 Å². The first kappa shape index (κ1) is 25.5. The predicted molar refractivity (Wildman–Crippen MR) is 121 cm³/mol. The molecule has 0 aromatic heterocycles. The van der Waals surface area contributed by atoms with Crippen molar-refractivity contribution in [1.29, 1.82) is 0 Å². The molecule has 2 aromatic rings. The van der Waals surface area contributed by atoms with Gasteiger partial charge in [0.25, 0.3) is 0 Å². The number of hydrogen-bond donors (Lipinski definition) is 0. The first-order valence-electron chi connectivity index (χ1n) is 10.7. The highest BCUT2D eigenvalue weighted by Gasteiger charge is 2.33. The summed E-state index contributed by atoms with van der Waals surface area (Å²) < 4.78 is 55.4. The number of sulfone groups is 1. The van der Waals surface area contributed by atoms with Crippen molar-refractivity contribution in [3.8, 4) is 5.75 Å². The average molecular weight is 494 g/mol. The van der Waals surface area contributed by atoms with E-state index in [2.05, 4.69) is 4.74 Å². The van der Waals surface area contributed by atoms with Crippen LogP contribution in [0.25, 0.3) is 0 Å². The lowest BCUT2D eigenvalue weighted by molar-refractivity contribution is -0.142. The van der Waals surface area contributed by atoms with Crippen molar-refractivity contribution < 1.29 is 36.6 Å². The highest BCUT2D eigenvalue weighted by atomic mass is 32.2. The molecule has 1 heterocycles. The van der Waals surface area contributed by atoms with Crippen LogP contribution in [0.15, 0.2) is 52.3 Å². The van der Waals surface area contributed by atoms with Crippen LogP contribution in [0, 0.1) is 5.82 Å². The van der Waals surface area contributed by atoms with Crippen LogP contribution in [0.3, 0.4) is 0 Å². The zero-order chi connectivity index (χ0) is 25.1. The Morgan fingerprint density at radius 2 is 1.82 bits per heavy atom. The van der Waals surface area contributed by atoms with E-state index in [1.54, 1.807) is 31.7 Å². The molecule has 8 nitrogen and oxygen atoms in total. The van der Waals surface area contributed by atoms with Crippen LogP contribution in [0.1, 0.15) is 38.7 Å². The van der Waals surface area contributed by atoms with E-state index in [9.17, 15) is 22.4 Å². The molecule has 0 aliphatic carbocycles. The second-order valence-electron chi connectivity index (χ2n) is 8.94. The third-order valence-corrected chi connectivity index (χ3v) is 7.00. The summed E-state index contributed by atoms with van der Waals surface area (Å²) in [4.78, 5) is 25.4. The minimum atomic E-state index is -4.03. The summed E-state index contributed by atoms with van der Waals surface area (Å²) in [6.07, 6.45) is 0.168. The molecule has 0 N–H and O–H groups in total. The SMILES string of the molecule is COC(=O)COc1cc(S(=O)(=O)c2cccc(F)c2)ccc1C1CCN(C(=O)OC(C)(C)C)C1. The Morgan fingerprint density at radius 1 is 1.12 bits per heavy atom. The Morgan fingerprint density at radius 3 is 2.47 bits per heavy atom. The summed E-state index contributed by atoms with van der Waals surface area (Å²) >= 11 is 0. The number of likely N-dealkylation sites (tertiary alicyclic amines) is 1. The molecule has 0 saturated carbocycles. The van der Waals surface area contributed by atoms with E-state index in [1.165, 1.54) is 31.4 Å². The van der Waals surface area contributed by atoms with Crippen molar-refractivity contribution in [2.24, 2.45) is 0 Å². The van der Waals surface area contributed by atoms with Crippen LogP contribution < -0.4 is 4.74 Å². The first-order valence-corrected chi connectivity index (χ1v) is 12.2. The number of nitrogens with zero attached hydrogens (tertiary/aromatic N) is 1. The van der Waals surface area contributed by atoms with E-state index < -0.39 is 39.9 Å². The van der Waals surface area contributed by atoms with Crippen molar-refractivity contribution in [2.75, 3.05) is 26.8 Å². The lowest BCUT2D eigenvalue weighted by Gasteiger charge is -2.24. The second kappa shape index (κ2) is 10.0. The van der Waals surface area contributed by atoms with Crippen LogP contribution in [0.2, 0.25) is 0 Å². The third-order valence-electron chi connectivity index (χ3n) is 5.25. The number of benzene rings is 2. The lowest BCUT2D eigenvalue weighted by Crippen LogP contribution is -2.35. The summed E-state index contributed by atoms with van der Waals surface area (Å²) in [5.41, 5.74) is 0.0183. The van der Waals surface area contributed by atoms with Gasteiger partial charge in [-0.15, -0.1) is 0 Å².